The summed E-state index contributed by atoms with van der Waals surface area (Å²) in [5, 5.41) is 10.6. The lowest BCUT2D eigenvalue weighted by atomic mass is 9.95. The summed E-state index contributed by atoms with van der Waals surface area (Å²) in [7, 11) is 1.95. The van der Waals surface area contributed by atoms with Crippen molar-refractivity contribution in [2.24, 2.45) is 13.0 Å². The van der Waals surface area contributed by atoms with Crippen molar-refractivity contribution < 1.29 is 31.4 Å². The number of piperazine rings is 1. The maximum Gasteiger partial charge on any atom is 0.419 e. The molecule has 2 amide bonds. The molecule has 2 N–H and O–H groups in total. The van der Waals surface area contributed by atoms with Gasteiger partial charge < -0.3 is 20.4 Å². The molecule has 58 heavy (non-hydrogen) atoms. The molecule has 1 atom stereocenters. The monoisotopic (exact) mass is 827 g/mol. The van der Waals surface area contributed by atoms with Crippen LogP contribution in [0.15, 0.2) is 53.7 Å². The quantitative estimate of drug-likeness (QED) is 0.149. The van der Waals surface area contributed by atoms with Crippen molar-refractivity contribution in [3.63, 3.8) is 0 Å². The number of nitrogens with zero attached hydrogens (tertiary/aromatic N) is 9. The van der Waals surface area contributed by atoms with Gasteiger partial charge in [-0.15, -0.1) is 0 Å². The van der Waals surface area contributed by atoms with Crippen LogP contribution < -0.4 is 25.3 Å². The molecule has 3 saturated heterocycles. The first-order valence-corrected chi connectivity index (χ1v) is 20.7. The lowest BCUT2D eigenvalue weighted by Crippen LogP contribution is -2.49. The van der Waals surface area contributed by atoms with Crippen molar-refractivity contribution in [3.8, 4) is 0 Å². The molecule has 0 spiro atoms. The van der Waals surface area contributed by atoms with Gasteiger partial charge in [-0.1, -0.05) is 6.07 Å². The van der Waals surface area contributed by atoms with Gasteiger partial charge in [0.2, 0.25) is 18.3 Å². The topological polar surface area (TPSA) is 135 Å². The number of carbonyl (C=O) groups is 2. The molecule has 19 heteroatoms. The largest absolute Gasteiger partial charge is 0.419 e. The average Bonchev–Trinajstić information content (AvgIpc) is 3.55. The molecule has 0 saturated carbocycles. The molecule has 0 radical (unpaired) electrons. The van der Waals surface area contributed by atoms with Gasteiger partial charge in [-0.05, 0) is 61.9 Å². The van der Waals surface area contributed by atoms with E-state index in [1.807, 2.05) is 22.5 Å². The molecule has 3 aliphatic rings. The van der Waals surface area contributed by atoms with Gasteiger partial charge in [0.05, 0.1) is 21.7 Å². The van der Waals surface area contributed by atoms with Gasteiger partial charge in [-0.3, -0.25) is 24.1 Å². The summed E-state index contributed by atoms with van der Waals surface area (Å²) in [5.41, 5.74) is 1.37. The van der Waals surface area contributed by atoms with Crippen molar-refractivity contribution in [2.45, 2.75) is 49.2 Å². The smallest absolute Gasteiger partial charge is 0.371 e. The van der Waals surface area contributed by atoms with Gasteiger partial charge >= 0.3 is 6.18 Å². The van der Waals surface area contributed by atoms with E-state index in [4.69, 9.17) is 0 Å². The molecule has 7 rings (SSSR count). The first kappa shape index (κ1) is 41.3. The number of aromatic nitrogens is 4. The molecular formula is C39H49F4N11O3S. The molecule has 5 heterocycles. The van der Waals surface area contributed by atoms with Crippen LogP contribution in [0.2, 0.25) is 0 Å². The van der Waals surface area contributed by atoms with Gasteiger partial charge in [0.1, 0.15) is 16.8 Å². The lowest BCUT2D eigenvalue weighted by Gasteiger charge is -2.40. The fourth-order valence-electron chi connectivity index (χ4n) is 8.00. The number of rotatable bonds is 13. The Morgan fingerprint density at radius 3 is 2.33 bits per heavy atom. The summed E-state index contributed by atoms with van der Waals surface area (Å²) in [4.78, 5) is 40.2. The Balaban J connectivity index is 0.865. The molecule has 3 fully saturated rings. The van der Waals surface area contributed by atoms with Crippen LogP contribution in [0, 0.1) is 11.7 Å². The third-order valence-electron chi connectivity index (χ3n) is 11.4. The van der Waals surface area contributed by atoms with Gasteiger partial charge in [0.15, 0.2) is 5.82 Å². The molecule has 312 valence electrons. The number of hydrogen-bond donors (Lipinski definition) is 2. The van der Waals surface area contributed by atoms with E-state index < -0.39 is 22.7 Å². The number of amides is 2. The number of anilines is 4. The molecular weight excluding hydrogens is 779 g/mol. The van der Waals surface area contributed by atoms with Crippen LogP contribution in [-0.4, -0.2) is 124 Å². The van der Waals surface area contributed by atoms with Gasteiger partial charge in [0, 0.05) is 115 Å². The maximum absolute atomic E-state index is 15.6. The van der Waals surface area contributed by atoms with E-state index >= 15 is 4.39 Å². The Morgan fingerprint density at radius 1 is 0.966 bits per heavy atom. The van der Waals surface area contributed by atoms with Gasteiger partial charge in [-0.2, -0.15) is 18.3 Å². The van der Waals surface area contributed by atoms with E-state index in [0.29, 0.717) is 73.8 Å². The lowest BCUT2D eigenvalue weighted by molar-refractivity contribution is -0.138. The highest BCUT2D eigenvalue weighted by Gasteiger charge is 2.32. The van der Waals surface area contributed by atoms with Crippen molar-refractivity contribution in [1.29, 1.82) is 0 Å². The van der Waals surface area contributed by atoms with E-state index in [2.05, 4.69) is 46.5 Å². The molecule has 2 aromatic heterocycles. The van der Waals surface area contributed by atoms with Gasteiger partial charge in [0.25, 0.3) is 0 Å². The number of aryl methyl sites for hydroxylation is 1. The minimum atomic E-state index is -4.49. The van der Waals surface area contributed by atoms with Crippen LogP contribution in [-0.2, 0) is 33.8 Å². The van der Waals surface area contributed by atoms with Crippen molar-refractivity contribution in [2.75, 3.05) is 92.5 Å². The normalized spacial score (nSPS) is 18.4. The van der Waals surface area contributed by atoms with Crippen LogP contribution in [0.3, 0.4) is 0 Å². The third kappa shape index (κ3) is 9.52. The van der Waals surface area contributed by atoms with Gasteiger partial charge in [-0.25, -0.2) is 22.9 Å². The zero-order valence-corrected chi connectivity index (χ0v) is 33.4. The number of piperidine rings is 2. The van der Waals surface area contributed by atoms with Crippen LogP contribution in [0.1, 0.15) is 37.7 Å². The van der Waals surface area contributed by atoms with Crippen LogP contribution in [0.4, 0.5) is 40.7 Å². The average molecular weight is 828 g/mol. The van der Waals surface area contributed by atoms with Crippen LogP contribution in [0.5, 0.6) is 0 Å². The van der Waals surface area contributed by atoms with Crippen molar-refractivity contribution in [1.82, 2.24) is 34.3 Å². The zero-order valence-electron chi connectivity index (χ0n) is 32.6. The molecule has 14 nitrogen and oxygen atoms in total. The molecule has 2 aromatic carbocycles. The summed E-state index contributed by atoms with van der Waals surface area (Å²) in [5.74, 6) is 0.428. The van der Waals surface area contributed by atoms with Crippen LogP contribution in [0.25, 0.3) is 10.9 Å². The minimum absolute atomic E-state index is 0.0297. The fraction of sp³-hybridized carbons (Fsp3) is 0.513. The maximum atomic E-state index is 15.6. The number of alkyl halides is 3. The Labute approximate surface area is 337 Å². The summed E-state index contributed by atoms with van der Waals surface area (Å²) >= 11 is 0. The molecule has 0 aliphatic carbocycles. The van der Waals surface area contributed by atoms with E-state index in [1.54, 1.807) is 17.8 Å². The van der Waals surface area contributed by atoms with Crippen molar-refractivity contribution >= 4 is 57.3 Å². The number of carbonyl (C=O) groups excluding carboxylic acids is 2. The first-order valence-electron chi connectivity index (χ1n) is 19.6. The van der Waals surface area contributed by atoms with E-state index in [-0.39, 0.29) is 36.7 Å². The zero-order chi connectivity index (χ0) is 41.0. The van der Waals surface area contributed by atoms with E-state index in [0.717, 1.165) is 68.5 Å². The Bertz CT molecular complexity index is 2080. The fourth-order valence-corrected chi connectivity index (χ4v) is 9.26. The predicted octanol–water partition coefficient (Wildman–Crippen LogP) is 4.26. The Hall–Kier alpha value is -4.88. The van der Waals surface area contributed by atoms with Crippen molar-refractivity contribution in [3.05, 3.63) is 60.2 Å². The van der Waals surface area contributed by atoms with E-state index in [1.165, 1.54) is 18.0 Å². The molecule has 0 bridgehead atoms. The summed E-state index contributed by atoms with van der Waals surface area (Å²) < 4.78 is 71.4. The molecule has 3 aliphatic heterocycles. The molecule has 1 unspecified atom stereocenters. The Morgan fingerprint density at radius 2 is 1.67 bits per heavy atom. The highest BCUT2D eigenvalue weighted by Crippen LogP contribution is 2.33. The number of hydrogen-bond acceptors (Lipinski definition) is 10. The second kappa shape index (κ2) is 17.9. The number of nitrogens with one attached hydrogen (secondary N) is 2. The number of fused-ring (bicyclic) bond motifs is 1. The standard InChI is InChI=1S/C39H49F4N11O3S/c1-44-36(56)10-13-53(26-55)37-32-21-33(40)35(22-34(32)49(2)48-37)52-18-16-50(17-19-52)25-27-6-11-51(12-7-27)30-4-3-5-31(20-30)58(57)54-14-8-29(9-15-54)47-38-45-23-28(24-46-38)39(41,42)43/h3-5,20-24,26-27,29H,6-19,25H2,1-2H3,(H,44,56)(H,45,46,47). The van der Waals surface area contributed by atoms with Crippen LogP contribution >= 0.6 is 0 Å². The third-order valence-corrected chi connectivity index (χ3v) is 12.9. The highest BCUT2D eigenvalue weighted by molar-refractivity contribution is 7.82. The summed E-state index contributed by atoms with van der Waals surface area (Å²) in [6.07, 6.45) is 1.17. The summed E-state index contributed by atoms with van der Waals surface area (Å²) in [6, 6.07) is 11.1. The minimum Gasteiger partial charge on any atom is -0.371 e. The highest BCUT2D eigenvalue weighted by atomic mass is 32.2. The number of halogens is 4. The first-order chi connectivity index (χ1) is 27.9. The second-order valence-electron chi connectivity index (χ2n) is 15.1. The van der Waals surface area contributed by atoms with E-state index in [9.17, 15) is 27.0 Å². The SMILES string of the molecule is CNC(=O)CCN(C=O)c1nn(C)c2cc(N3CCN(CC4CCN(c5cccc(S(=O)N6CCC(Nc7ncc(C(F)(F)F)cn7)CC6)c5)CC4)CC3)c(F)cc12. The number of benzene rings is 2. The second-order valence-corrected chi connectivity index (χ2v) is 16.6. The predicted molar refractivity (Wildman–Crippen MR) is 214 cm³/mol. The Kier molecular flexibility index (Phi) is 12.8. The molecule has 4 aromatic rings. The summed E-state index contributed by atoms with van der Waals surface area (Å²) in [6.45, 7) is 7.04.